The number of hydrogen-bond donors (Lipinski definition) is 1. The van der Waals surface area contributed by atoms with Crippen LogP contribution in [0, 0.1) is 10.9 Å². The third-order valence-electron chi connectivity index (χ3n) is 0.545. The molecule has 40 valence electrons. The first-order chi connectivity index (χ1) is 3.29. The first kappa shape index (κ1) is 8.78. The Labute approximate surface area is 80.1 Å². The van der Waals surface area contributed by atoms with E-state index >= 15 is 0 Å². The predicted octanol–water partition coefficient (Wildman–Crippen LogP) is -1.37. The van der Waals surface area contributed by atoms with Gasteiger partial charge < -0.3 is 1.43 Å². The van der Waals surface area contributed by atoms with Gasteiger partial charge in [-0.05, 0) is 19.1 Å². The Kier molecular flexibility index (Phi) is 4.10. The van der Waals surface area contributed by atoms with Crippen LogP contribution in [0.1, 0.15) is 6.43 Å². The molecule has 0 atom stereocenters. The van der Waals surface area contributed by atoms with Crippen LogP contribution in [-0.2, 0) is 0 Å². The van der Waals surface area contributed by atoms with Gasteiger partial charge in [-0.15, -0.1) is 0 Å². The molecule has 0 aliphatic rings. The van der Waals surface area contributed by atoms with Gasteiger partial charge in [0.15, 0.2) is 3.95 Å². The van der Waals surface area contributed by atoms with E-state index in [0.29, 0.717) is 0 Å². The molecule has 0 saturated heterocycles. The van der Waals surface area contributed by atoms with Crippen LogP contribution in [0.15, 0.2) is 0 Å². The van der Waals surface area contributed by atoms with Crippen molar-refractivity contribution in [3.05, 3.63) is 8.96 Å². The topological polar surface area (TPSA) is 28.7 Å². The van der Waals surface area contributed by atoms with Crippen molar-refractivity contribution in [1.29, 1.82) is 0 Å². The van der Waals surface area contributed by atoms with Crippen LogP contribution in [0.3, 0.4) is 0 Å². The molecule has 0 unspecified atom stereocenters. The number of nitrogens with zero attached hydrogens (tertiary/aromatic N) is 1. The molecule has 0 aliphatic carbocycles. The van der Waals surface area contributed by atoms with Crippen molar-refractivity contribution in [2.75, 3.05) is 0 Å². The summed E-state index contributed by atoms with van der Waals surface area (Å²) in [5.74, 6) is 0. The van der Waals surface area contributed by atoms with Crippen molar-refractivity contribution in [2.45, 2.75) is 6.92 Å². The molecule has 0 saturated carbocycles. The molecule has 1 N–H and O–H groups in total. The van der Waals surface area contributed by atoms with Crippen molar-refractivity contribution in [3.8, 4) is 0 Å². The summed E-state index contributed by atoms with van der Waals surface area (Å²) in [4.78, 5) is 0. The van der Waals surface area contributed by atoms with Gasteiger partial charge in [-0.2, -0.15) is 5.10 Å². The maximum absolute atomic E-state index is 4.73. The minimum atomic E-state index is 0. The molecular weight excluding hydrogens is 151 g/mol. The molecule has 0 amide bonds. The normalized spacial score (nSPS) is 8.12. The fraction of sp³-hybridized carbons (Fsp3) is 0.333. The quantitative estimate of drug-likeness (QED) is 0.371. The largest absolute Gasteiger partial charge is 1.00 e. The second kappa shape index (κ2) is 3.74. The predicted molar refractivity (Wildman–Crippen MR) is 33.1 cm³/mol. The smallest absolute Gasteiger partial charge is 1.00 e. The second-order valence-electron chi connectivity index (χ2n) is 1.13. The van der Waals surface area contributed by atoms with E-state index < -0.39 is 0 Å². The van der Waals surface area contributed by atoms with Gasteiger partial charge in [-0.3, -0.25) is 5.10 Å². The van der Waals surface area contributed by atoms with E-state index in [-0.39, 0.29) is 31.0 Å². The van der Waals surface area contributed by atoms with Crippen molar-refractivity contribution in [1.82, 2.24) is 10.2 Å². The number of aromatic amines is 1. The molecule has 1 aromatic heterocycles. The molecule has 1 rings (SSSR count). The summed E-state index contributed by atoms with van der Waals surface area (Å²) in [6, 6.07) is 0. The number of nitrogens with one attached hydrogen (secondary N) is 1. The summed E-state index contributed by atoms with van der Waals surface area (Å²) in [7, 11) is 0. The number of aromatic nitrogens is 2. The van der Waals surface area contributed by atoms with E-state index in [1.807, 2.05) is 6.92 Å². The van der Waals surface area contributed by atoms with Crippen molar-refractivity contribution < 1.29 is 31.0 Å². The van der Waals surface area contributed by atoms with Gasteiger partial charge in [0.25, 0.3) is 0 Å². The summed E-state index contributed by atoms with van der Waals surface area (Å²) < 4.78 is 0.748. The zero-order chi connectivity index (χ0) is 5.28. The monoisotopic (exact) mass is 156 g/mol. The van der Waals surface area contributed by atoms with Gasteiger partial charge in [-0.25, -0.2) is 0 Å². The Balaban J connectivity index is 0. The summed E-state index contributed by atoms with van der Waals surface area (Å²) in [6.07, 6.45) is 0. The van der Waals surface area contributed by atoms with Gasteiger partial charge in [0.2, 0.25) is 0 Å². The maximum atomic E-state index is 4.73. The summed E-state index contributed by atoms with van der Waals surface area (Å²) in [6.45, 7) is 1.91. The molecule has 0 radical (unpaired) electrons. The molecule has 0 aliphatic heterocycles. The second-order valence-corrected chi connectivity index (χ2v) is 3.00. The van der Waals surface area contributed by atoms with Crippen molar-refractivity contribution >= 4 is 23.6 Å². The zero-order valence-electron chi connectivity index (χ0n) is 5.76. The van der Waals surface area contributed by atoms with Crippen LogP contribution < -0.4 is 29.6 Å². The first-order valence-corrected chi connectivity index (χ1v) is 3.03. The van der Waals surface area contributed by atoms with E-state index in [4.69, 9.17) is 12.2 Å². The van der Waals surface area contributed by atoms with Gasteiger partial charge >= 0.3 is 29.6 Å². The molecule has 0 fully saturated rings. The average molecular weight is 156 g/mol. The Hall–Kier alpha value is 0.780. The van der Waals surface area contributed by atoms with Crippen LogP contribution in [0.2, 0.25) is 0 Å². The number of hydrogen-bond acceptors (Lipinski definition) is 3. The third-order valence-corrected chi connectivity index (χ3v) is 1.55. The van der Waals surface area contributed by atoms with E-state index in [1.165, 1.54) is 11.3 Å². The van der Waals surface area contributed by atoms with E-state index in [9.17, 15) is 0 Å². The maximum Gasteiger partial charge on any atom is 1.00 e. The summed E-state index contributed by atoms with van der Waals surface area (Å²) >= 11 is 6.22. The molecule has 2 nitrogen and oxygen atoms in total. The number of aryl methyl sites for hydroxylation is 1. The Morgan fingerprint density at radius 3 is 2.62 bits per heavy atom. The number of rotatable bonds is 0. The van der Waals surface area contributed by atoms with Crippen LogP contribution in [-0.4, -0.2) is 10.2 Å². The molecule has 0 bridgehead atoms. The van der Waals surface area contributed by atoms with Crippen molar-refractivity contribution in [2.24, 2.45) is 0 Å². The molecule has 1 aromatic rings. The van der Waals surface area contributed by atoms with Crippen LogP contribution in [0.25, 0.3) is 0 Å². The van der Waals surface area contributed by atoms with E-state index in [2.05, 4.69) is 10.2 Å². The van der Waals surface area contributed by atoms with Gasteiger partial charge in [0, 0.05) is 0 Å². The van der Waals surface area contributed by atoms with Crippen molar-refractivity contribution in [3.63, 3.8) is 0 Å². The fourth-order valence-corrected chi connectivity index (χ4v) is 1.16. The minimum absolute atomic E-state index is 0. The van der Waals surface area contributed by atoms with Crippen LogP contribution in [0.4, 0.5) is 0 Å². The van der Waals surface area contributed by atoms with E-state index in [1.54, 1.807) is 0 Å². The minimum Gasteiger partial charge on any atom is -1.00 e. The third kappa shape index (κ3) is 2.37. The van der Waals surface area contributed by atoms with Crippen LogP contribution in [0.5, 0.6) is 0 Å². The molecular formula is C3H5N2NaS2. The number of H-pyrrole nitrogens is 1. The van der Waals surface area contributed by atoms with Crippen LogP contribution >= 0.6 is 23.6 Å². The van der Waals surface area contributed by atoms with Gasteiger partial charge in [-0.1, -0.05) is 11.3 Å². The first-order valence-electron chi connectivity index (χ1n) is 1.81. The fourth-order valence-electron chi connectivity index (χ4n) is 0.304. The summed E-state index contributed by atoms with van der Waals surface area (Å²) in [5.41, 5.74) is 0. The van der Waals surface area contributed by atoms with Gasteiger partial charge in [0.1, 0.15) is 5.01 Å². The molecule has 5 heteroatoms. The molecule has 8 heavy (non-hydrogen) atoms. The SMILES string of the molecule is Cc1n[nH]c(=S)s1.[H-].[Na+]. The van der Waals surface area contributed by atoms with E-state index in [0.717, 1.165) is 8.96 Å². The zero-order valence-corrected chi connectivity index (χ0v) is 8.40. The Morgan fingerprint density at radius 1 is 1.88 bits per heavy atom. The Morgan fingerprint density at radius 2 is 2.50 bits per heavy atom. The average Bonchev–Trinajstić information content (AvgIpc) is 1.87. The van der Waals surface area contributed by atoms with Gasteiger partial charge in [0.05, 0.1) is 0 Å². The summed E-state index contributed by atoms with van der Waals surface area (Å²) in [5, 5.41) is 7.45. The molecule has 1 heterocycles. The molecule has 0 spiro atoms. The Bertz CT molecular complexity index is 208. The molecule has 0 aromatic carbocycles. The standard InChI is InChI=1S/C3H4N2S2.Na.H/c1-2-4-5-3(6)7-2;;/h1H3,(H,5,6);;/q;+1;-1.